The molecule has 0 unspecified atom stereocenters. The first-order chi connectivity index (χ1) is 7.66. The minimum absolute atomic E-state index is 0.0692. The van der Waals surface area contributed by atoms with E-state index in [0.29, 0.717) is 11.6 Å². The normalized spacial score (nSPS) is 10.1. The van der Waals surface area contributed by atoms with Crippen LogP contribution in [0.25, 0.3) is 0 Å². The number of rotatable bonds is 2. The molecule has 5 nitrogen and oxygen atoms in total. The number of aromatic nitrogens is 1. The first-order valence-electron chi connectivity index (χ1n) is 4.69. The average molecular weight is 218 g/mol. The van der Waals surface area contributed by atoms with Gasteiger partial charge >= 0.3 is 0 Å². The van der Waals surface area contributed by atoms with Gasteiger partial charge in [-0.1, -0.05) is 17.3 Å². The molecule has 2 N–H and O–H groups in total. The highest BCUT2D eigenvalue weighted by Crippen LogP contribution is 2.17. The lowest BCUT2D eigenvalue weighted by Crippen LogP contribution is -2.12. The molecule has 0 saturated heterocycles. The molecule has 0 aliphatic carbocycles. The third-order valence-corrected chi connectivity index (χ3v) is 2.02. The number of nitrogens with zero attached hydrogens (tertiary/aromatic N) is 1. The molecule has 0 saturated carbocycles. The number of aryl methyl sites for hydroxylation is 1. The Morgan fingerprint density at radius 3 is 2.81 bits per heavy atom. The molecule has 16 heavy (non-hydrogen) atoms. The molecule has 1 aromatic carbocycles. The molecule has 2 aromatic rings. The van der Waals surface area contributed by atoms with E-state index in [1.54, 1.807) is 25.1 Å². The Bertz CT molecular complexity index is 519. The lowest BCUT2D eigenvalue weighted by Gasteiger charge is -2.02. The van der Waals surface area contributed by atoms with E-state index in [0.717, 1.165) is 0 Å². The maximum absolute atomic E-state index is 11.7. The maximum Gasteiger partial charge on any atom is 0.260 e. The van der Waals surface area contributed by atoms with Gasteiger partial charge in [-0.2, -0.15) is 0 Å². The van der Waals surface area contributed by atoms with E-state index < -0.39 is 5.91 Å². The summed E-state index contributed by atoms with van der Waals surface area (Å²) in [5, 5.41) is 15.6. The van der Waals surface area contributed by atoms with Crippen molar-refractivity contribution in [1.82, 2.24) is 5.16 Å². The van der Waals surface area contributed by atoms with E-state index in [-0.39, 0.29) is 11.3 Å². The molecule has 1 heterocycles. The number of amides is 1. The zero-order chi connectivity index (χ0) is 11.5. The minimum Gasteiger partial charge on any atom is -0.507 e. The number of hydrogen-bond donors (Lipinski definition) is 2. The van der Waals surface area contributed by atoms with Gasteiger partial charge in [-0.15, -0.1) is 0 Å². The predicted octanol–water partition coefficient (Wildman–Crippen LogP) is 1.94. The van der Waals surface area contributed by atoms with Crippen LogP contribution in [0.15, 0.2) is 34.9 Å². The number of para-hydroxylation sites is 1. The Labute approximate surface area is 91.7 Å². The quantitative estimate of drug-likeness (QED) is 0.807. The van der Waals surface area contributed by atoms with Crippen molar-refractivity contribution in [3.63, 3.8) is 0 Å². The van der Waals surface area contributed by atoms with Gasteiger partial charge in [0.1, 0.15) is 11.5 Å². The highest BCUT2D eigenvalue weighted by molar-refractivity contribution is 6.05. The van der Waals surface area contributed by atoms with Crippen LogP contribution in [0.4, 0.5) is 5.82 Å². The molecule has 0 aliphatic rings. The Morgan fingerprint density at radius 2 is 2.19 bits per heavy atom. The zero-order valence-electron chi connectivity index (χ0n) is 8.60. The summed E-state index contributed by atoms with van der Waals surface area (Å²) in [6.07, 6.45) is 0. The van der Waals surface area contributed by atoms with Gasteiger partial charge in [0, 0.05) is 6.07 Å². The molecule has 82 valence electrons. The van der Waals surface area contributed by atoms with Crippen LogP contribution >= 0.6 is 0 Å². The molecule has 0 spiro atoms. The summed E-state index contributed by atoms with van der Waals surface area (Å²) in [6.45, 7) is 1.72. The summed E-state index contributed by atoms with van der Waals surface area (Å²) >= 11 is 0. The van der Waals surface area contributed by atoms with Crippen molar-refractivity contribution in [3.8, 4) is 5.75 Å². The highest BCUT2D eigenvalue weighted by atomic mass is 16.5. The molecule has 2 rings (SSSR count). The van der Waals surface area contributed by atoms with E-state index in [2.05, 4.69) is 10.5 Å². The summed E-state index contributed by atoms with van der Waals surface area (Å²) in [7, 11) is 0. The fourth-order valence-electron chi connectivity index (χ4n) is 1.27. The predicted molar refractivity (Wildman–Crippen MR) is 57.3 cm³/mol. The zero-order valence-corrected chi connectivity index (χ0v) is 8.60. The Kier molecular flexibility index (Phi) is 2.59. The number of aromatic hydroxyl groups is 1. The molecule has 5 heteroatoms. The van der Waals surface area contributed by atoms with Crippen molar-refractivity contribution >= 4 is 11.7 Å². The van der Waals surface area contributed by atoms with Gasteiger partial charge in [0.05, 0.1) is 5.56 Å². The second-order valence-corrected chi connectivity index (χ2v) is 3.29. The number of nitrogens with one attached hydrogen (secondary N) is 1. The summed E-state index contributed by atoms with van der Waals surface area (Å²) in [6, 6.07) is 7.88. The number of carbonyl (C=O) groups excluding carboxylic acids is 1. The van der Waals surface area contributed by atoms with E-state index in [9.17, 15) is 9.90 Å². The largest absolute Gasteiger partial charge is 0.507 e. The molecule has 1 aromatic heterocycles. The second kappa shape index (κ2) is 4.06. The van der Waals surface area contributed by atoms with Crippen LogP contribution < -0.4 is 5.32 Å². The minimum atomic E-state index is -0.425. The van der Waals surface area contributed by atoms with Crippen molar-refractivity contribution in [2.75, 3.05) is 5.32 Å². The lowest BCUT2D eigenvalue weighted by molar-refractivity contribution is 0.102. The Balaban J connectivity index is 2.18. The number of phenols is 1. The van der Waals surface area contributed by atoms with Crippen molar-refractivity contribution in [2.24, 2.45) is 0 Å². The van der Waals surface area contributed by atoms with Crippen LogP contribution in [-0.2, 0) is 0 Å². The Morgan fingerprint density at radius 1 is 1.44 bits per heavy atom. The first kappa shape index (κ1) is 10.2. The highest BCUT2D eigenvalue weighted by Gasteiger charge is 2.11. The van der Waals surface area contributed by atoms with Crippen LogP contribution in [0, 0.1) is 6.92 Å². The third kappa shape index (κ3) is 2.03. The van der Waals surface area contributed by atoms with Crippen molar-refractivity contribution < 1.29 is 14.4 Å². The van der Waals surface area contributed by atoms with Crippen molar-refractivity contribution in [1.29, 1.82) is 0 Å². The fourth-order valence-corrected chi connectivity index (χ4v) is 1.27. The summed E-state index contributed by atoms with van der Waals surface area (Å²) in [5.74, 6) is 0.435. The number of benzene rings is 1. The fraction of sp³-hybridized carbons (Fsp3) is 0.0909. The van der Waals surface area contributed by atoms with Gasteiger partial charge in [-0.05, 0) is 19.1 Å². The van der Waals surface area contributed by atoms with Gasteiger partial charge in [0.25, 0.3) is 5.91 Å². The van der Waals surface area contributed by atoms with Gasteiger partial charge in [0.15, 0.2) is 5.82 Å². The third-order valence-electron chi connectivity index (χ3n) is 2.02. The van der Waals surface area contributed by atoms with Crippen molar-refractivity contribution in [2.45, 2.75) is 6.92 Å². The first-order valence-corrected chi connectivity index (χ1v) is 4.69. The molecule has 0 atom stereocenters. The van der Waals surface area contributed by atoms with E-state index >= 15 is 0 Å². The average Bonchev–Trinajstić information content (AvgIpc) is 2.64. The van der Waals surface area contributed by atoms with Crippen LogP contribution in [0.5, 0.6) is 5.75 Å². The van der Waals surface area contributed by atoms with E-state index in [1.165, 1.54) is 12.1 Å². The van der Waals surface area contributed by atoms with E-state index in [4.69, 9.17) is 4.52 Å². The molecular weight excluding hydrogens is 208 g/mol. The number of carbonyl (C=O) groups is 1. The van der Waals surface area contributed by atoms with Crippen LogP contribution in [0.2, 0.25) is 0 Å². The molecule has 1 amide bonds. The van der Waals surface area contributed by atoms with Crippen LogP contribution in [0.1, 0.15) is 16.1 Å². The molecule has 0 bridgehead atoms. The number of phenolic OH excluding ortho intramolecular Hbond substituents is 1. The van der Waals surface area contributed by atoms with Crippen LogP contribution in [-0.4, -0.2) is 16.2 Å². The molecule has 0 aliphatic heterocycles. The summed E-state index contributed by atoms with van der Waals surface area (Å²) in [5.41, 5.74) is 0.197. The molecule has 0 radical (unpaired) electrons. The second-order valence-electron chi connectivity index (χ2n) is 3.29. The van der Waals surface area contributed by atoms with Crippen molar-refractivity contribution in [3.05, 3.63) is 41.7 Å². The van der Waals surface area contributed by atoms with Gasteiger partial charge < -0.3 is 14.9 Å². The number of hydrogen-bond acceptors (Lipinski definition) is 4. The summed E-state index contributed by atoms with van der Waals surface area (Å²) < 4.78 is 4.80. The monoisotopic (exact) mass is 218 g/mol. The summed E-state index contributed by atoms with van der Waals surface area (Å²) in [4.78, 5) is 11.7. The van der Waals surface area contributed by atoms with Gasteiger partial charge in [0.2, 0.25) is 0 Å². The SMILES string of the molecule is Cc1cc(NC(=O)c2ccccc2O)no1. The standard InChI is InChI=1S/C11H10N2O3/c1-7-6-10(13-16-7)12-11(15)8-4-2-3-5-9(8)14/h2-6,14H,1H3,(H,12,13,15). The number of anilines is 1. The smallest absolute Gasteiger partial charge is 0.260 e. The maximum atomic E-state index is 11.7. The van der Waals surface area contributed by atoms with Crippen LogP contribution in [0.3, 0.4) is 0 Å². The van der Waals surface area contributed by atoms with Gasteiger partial charge in [-0.25, -0.2) is 0 Å². The Hall–Kier alpha value is -2.30. The van der Waals surface area contributed by atoms with E-state index in [1.807, 2.05) is 0 Å². The molecular formula is C11H10N2O3. The van der Waals surface area contributed by atoms with Gasteiger partial charge in [-0.3, -0.25) is 4.79 Å². The molecule has 0 fully saturated rings. The lowest BCUT2D eigenvalue weighted by atomic mass is 10.2. The topological polar surface area (TPSA) is 75.4 Å².